The van der Waals surface area contributed by atoms with Crippen LogP contribution in [-0.2, 0) is 21.5 Å². The molecule has 174 valence electrons. The summed E-state index contributed by atoms with van der Waals surface area (Å²) < 4.78 is 29.9. The zero-order valence-corrected chi connectivity index (χ0v) is 18.9. The molecule has 8 heteroatoms. The normalized spacial score (nSPS) is 16.7. The van der Waals surface area contributed by atoms with Crippen LogP contribution in [0.1, 0.15) is 41.6 Å². The minimum Gasteiger partial charge on any atom is -0.338 e. The Bertz CT molecular complexity index is 1260. The van der Waals surface area contributed by atoms with E-state index in [9.17, 15) is 18.4 Å². The molecule has 1 heterocycles. The second kappa shape index (κ2) is 9.48. The number of aromatic amines is 1. The molecular formula is C26H24F2N4O2. The van der Waals surface area contributed by atoms with Crippen LogP contribution in [0.2, 0.25) is 0 Å². The van der Waals surface area contributed by atoms with Gasteiger partial charge in [-0.05, 0) is 43.5 Å². The molecule has 2 aromatic carbocycles. The number of H-pyrrole nitrogens is 1. The molecule has 0 unspecified atom stereocenters. The summed E-state index contributed by atoms with van der Waals surface area (Å²) in [6.07, 6.45) is 4.20. The largest absolute Gasteiger partial charge is 0.338 e. The Morgan fingerprint density at radius 2 is 1.82 bits per heavy atom. The number of amides is 2. The van der Waals surface area contributed by atoms with Crippen LogP contribution < -0.4 is 4.90 Å². The van der Waals surface area contributed by atoms with Crippen molar-refractivity contribution in [3.05, 3.63) is 82.7 Å². The third-order valence-corrected chi connectivity index (χ3v) is 6.35. The number of carbonyl (C=O) groups is 2. The second-order valence-electron chi connectivity index (χ2n) is 8.38. The number of fused-ring (bicyclic) bond motifs is 1. The van der Waals surface area contributed by atoms with Crippen molar-refractivity contribution in [3.8, 4) is 11.8 Å². The van der Waals surface area contributed by atoms with Gasteiger partial charge in [0.25, 0.3) is 0 Å². The smallest absolute Gasteiger partial charge is 0.229 e. The van der Waals surface area contributed by atoms with E-state index in [1.165, 1.54) is 11.9 Å². The Hall–Kier alpha value is -3.99. The van der Waals surface area contributed by atoms with Crippen LogP contribution in [0, 0.1) is 23.5 Å². The Labute approximate surface area is 196 Å². The summed E-state index contributed by atoms with van der Waals surface area (Å²) in [6.45, 7) is 0. The van der Waals surface area contributed by atoms with Crippen molar-refractivity contribution in [1.29, 1.82) is 0 Å². The van der Waals surface area contributed by atoms with E-state index < -0.39 is 28.8 Å². The third-order valence-electron chi connectivity index (χ3n) is 6.35. The fourth-order valence-corrected chi connectivity index (χ4v) is 4.49. The van der Waals surface area contributed by atoms with Gasteiger partial charge in [0.05, 0.1) is 17.7 Å². The number of carbonyl (C=O) groups excluding carboxylic acids is 2. The minimum absolute atomic E-state index is 0.139. The number of aromatic nitrogens is 2. The maximum Gasteiger partial charge on any atom is 0.229 e. The second-order valence-corrected chi connectivity index (χ2v) is 8.38. The van der Waals surface area contributed by atoms with E-state index in [1.54, 1.807) is 25.4 Å². The maximum absolute atomic E-state index is 15.0. The van der Waals surface area contributed by atoms with Crippen LogP contribution in [-0.4, -0.2) is 41.5 Å². The van der Waals surface area contributed by atoms with Gasteiger partial charge in [0.2, 0.25) is 12.3 Å². The molecule has 4 rings (SSSR count). The van der Waals surface area contributed by atoms with Crippen LogP contribution in [0.5, 0.6) is 0 Å². The van der Waals surface area contributed by atoms with Gasteiger partial charge in [0.15, 0.2) is 11.6 Å². The van der Waals surface area contributed by atoms with Gasteiger partial charge < -0.3 is 9.80 Å². The summed E-state index contributed by atoms with van der Waals surface area (Å²) in [6, 6.07) is 11.3. The molecule has 6 nitrogen and oxygen atoms in total. The Kier molecular flexibility index (Phi) is 6.46. The van der Waals surface area contributed by atoms with Gasteiger partial charge in [-0.2, -0.15) is 5.10 Å². The van der Waals surface area contributed by atoms with Crippen molar-refractivity contribution < 1.29 is 18.4 Å². The summed E-state index contributed by atoms with van der Waals surface area (Å²) in [5.41, 5.74) is 1.02. The Morgan fingerprint density at radius 3 is 2.50 bits per heavy atom. The Morgan fingerprint density at radius 1 is 1.15 bits per heavy atom. The van der Waals surface area contributed by atoms with Gasteiger partial charge in [0.1, 0.15) is 5.69 Å². The predicted molar refractivity (Wildman–Crippen MR) is 124 cm³/mol. The van der Waals surface area contributed by atoms with E-state index >= 15 is 0 Å². The predicted octanol–water partition coefficient (Wildman–Crippen LogP) is 3.76. The lowest BCUT2D eigenvalue weighted by molar-refractivity contribution is -0.128. The molecule has 1 aliphatic rings. The van der Waals surface area contributed by atoms with Gasteiger partial charge in [-0.15, -0.1) is 0 Å². The van der Waals surface area contributed by atoms with E-state index in [0.717, 1.165) is 46.7 Å². The quantitative estimate of drug-likeness (QED) is 0.464. The molecule has 0 aliphatic heterocycles. The lowest BCUT2D eigenvalue weighted by Crippen LogP contribution is -2.49. The van der Waals surface area contributed by atoms with Crippen molar-refractivity contribution in [3.63, 3.8) is 0 Å². The van der Waals surface area contributed by atoms with Gasteiger partial charge in [-0.3, -0.25) is 14.7 Å². The Balaban J connectivity index is 1.62. The van der Waals surface area contributed by atoms with Crippen molar-refractivity contribution in [2.45, 2.75) is 31.2 Å². The molecule has 1 N–H and O–H groups in total. The molecule has 0 radical (unpaired) electrons. The molecular weight excluding hydrogens is 438 g/mol. The lowest BCUT2D eigenvalue weighted by Gasteiger charge is -2.42. The summed E-state index contributed by atoms with van der Waals surface area (Å²) in [5.74, 6) is 3.31. The van der Waals surface area contributed by atoms with Gasteiger partial charge in [-0.25, -0.2) is 8.78 Å². The topological polar surface area (TPSA) is 69.3 Å². The number of halogens is 2. The summed E-state index contributed by atoms with van der Waals surface area (Å²) >= 11 is 0. The molecule has 2 amide bonds. The highest BCUT2D eigenvalue weighted by Crippen LogP contribution is 2.41. The van der Waals surface area contributed by atoms with E-state index in [4.69, 9.17) is 0 Å². The van der Waals surface area contributed by atoms with Crippen LogP contribution in [0.15, 0.2) is 48.7 Å². The van der Waals surface area contributed by atoms with E-state index in [1.807, 2.05) is 18.2 Å². The average Bonchev–Trinajstić information content (AvgIpc) is 3.32. The van der Waals surface area contributed by atoms with Crippen LogP contribution in [0.4, 0.5) is 14.5 Å². The van der Waals surface area contributed by atoms with Crippen molar-refractivity contribution in [1.82, 2.24) is 15.1 Å². The van der Waals surface area contributed by atoms with E-state index in [2.05, 4.69) is 22.0 Å². The fraction of sp³-hybridized carbons (Fsp3) is 0.269. The number of hydrogen-bond acceptors (Lipinski definition) is 3. The number of nitrogens with one attached hydrogen (secondary N) is 1. The van der Waals surface area contributed by atoms with Crippen LogP contribution in [0.3, 0.4) is 0 Å². The molecule has 3 aromatic rings. The average molecular weight is 463 g/mol. The highest BCUT2D eigenvalue weighted by atomic mass is 19.1. The highest BCUT2D eigenvalue weighted by Gasteiger charge is 2.44. The summed E-state index contributed by atoms with van der Waals surface area (Å²) in [7, 11) is 2.93. The summed E-state index contributed by atoms with van der Waals surface area (Å²) in [4.78, 5) is 27.4. The first-order valence-corrected chi connectivity index (χ1v) is 10.9. The molecule has 0 saturated heterocycles. The molecule has 1 aromatic heterocycles. The minimum atomic E-state index is -0.943. The zero-order valence-electron chi connectivity index (χ0n) is 18.9. The van der Waals surface area contributed by atoms with Crippen LogP contribution in [0.25, 0.3) is 0 Å². The first-order valence-electron chi connectivity index (χ1n) is 10.9. The van der Waals surface area contributed by atoms with Gasteiger partial charge in [-0.1, -0.05) is 30.0 Å². The molecule has 0 fully saturated rings. The number of aryl methyl sites for hydroxylation is 1. The molecule has 34 heavy (non-hydrogen) atoms. The van der Waals surface area contributed by atoms with Gasteiger partial charge in [0, 0.05) is 37.0 Å². The maximum atomic E-state index is 15.0. The number of nitrogens with zero attached hydrogens (tertiary/aromatic N) is 3. The first kappa shape index (κ1) is 23.2. The number of anilines is 1. The number of benzene rings is 2. The molecule has 0 spiro atoms. The lowest BCUT2D eigenvalue weighted by atomic mass is 9.76. The molecule has 1 atom stereocenters. The van der Waals surface area contributed by atoms with Crippen molar-refractivity contribution in [2.24, 2.45) is 0 Å². The highest BCUT2D eigenvalue weighted by molar-refractivity contribution is 5.94. The molecule has 0 bridgehead atoms. The fourth-order valence-electron chi connectivity index (χ4n) is 4.49. The monoisotopic (exact) mass is 462 g/mol. The SMILES string of the molecule is CN(C(=O)C[C@@]1(N(C)C=O)CCCc2n[nH]cc21)c1c(F)cc(C#Cc2ccccc2)cc1F. The number of rotatable bonds is 5. The number of hydrogen-bond donors (Lipinski definition) is 1. The standard InChI is InChI=1S/C26H24F2N4O2/c1-31(17-33)26(12-6-9-23-20(26)16-29-30-23)15-24(34)32(2)25-21(27)13-19(14-22(25)28)11-10-18-7-4-3-5-8-18/h3-5,7-8,13-14,16-17H,6,9,12,15H2,1-2H3,(H,29,30)/t26-/m0/s1. The summed E-state index contributed by atoms with van der Waals surface area (Å²) in [5, 5.41) is 7.04. The molecule has 1 aliphatic carbocycles. The molecule has 0 saturated carbocycles. The van der Waals surface area contributed by atoms with Crippen LogP contribution >= 0.6 is 0 Å². The van der Waals surface area contributed by atoms with Crippen molar-refractivity contribution >= 4 is 18.0 Å². The van der Waals surface area contributed by atoms with E-state index in [-0.39, 0.29) is 12.0 Å². The van der Waals surface area contributed by atoms with Gasteiger partial charge >= 0.3 is 0 Å². The zero-order chi connectivity index (χ0) is 24.3. The first-order chi connectivity index (χ1) is 16.4. The van der Waals surface area contributed by atoms with E-state index in [0.29, 0.717) is 12.8 Å². The third kappa shape index (κ3) is 4.29. The van der Waals surface area contributed by atoms with Crippen molar-refractivity contribution in [2.75, 3.05) is 19.0 Å².